The normalized spacial score (nSPS) is 14.6. The molecule has 3 rings (SSSR count). The number of aryl methyl sites for hydroxylation is 1. The van der Waals surface area contributed by atoms with Gasteiger partial charge in [0.05, 0.1) is 17.4 Å². The molecule has 1 fully saturated rings. The first-order valence-electron chi connectivity index (χ1n) is 6.60. The van der Waals surface area contributed by atoms with Crippen LogP contribution in [0.4, 0.5) is 10.5 Å². The summed E-state index contributed by atoms with van der Waals surface area (Å²) in [6, 6.07) is 3.85. The van der Waals surface area contributed by atoms with Gasteiger partial charge in [0.25, 0.3) is 0 Å². The van der Waals surface area contributed by atoms with Crippen molar-refractivity contribution in [2.75, 3.05) is 18.9 Å². The van der Waals surface area contributed by atoms with Gasteiger partial charge in [-0.3, -0.25) is 5.10 Å². The smallest absolute Gasteiger partial charge is 0.321 e. The molecule has 2 N–H and O–H groups in total. The van der Waals surface area contributed by atoms with Crippen LogP contribution in [-0.2, 0) is 0 Å². The van der Waals surface area contributed by atoms with Crippen molar-refractivity contribution in [3.05, 3.63) is 23.9 Å². The quantitative estimate of drug-likeness (QED) is 0.889. The summed E-state index contributed by atoms with van der Waals surface area (Å²) in [5.74, 6) is 0.695. The lowest BCUT2D eigenvalue weighted by Crippen LogP contribution is -2.33. The van der Waals surface area contributed by atoms with E-state index in [1.165, 1.54) is 12.8 Å². The maximum atomic E-state index is 12.1. The van der Waals surface area contributed by atoms with Crippen molar-refractivity contribution in [2.45, 2.75) is 19.8 Å². The van der Waals surface area contributed by atoms with Crippen LogP contribution in [0.15, 0.2) is 18.3 Å². The number of benzene rings is 1. The molecule has 19 heavy (non-hydrogen) atoms. The average molecular weight is 258 g/mol. The van der Waals surface area contributed by atoms with E-state index in [0.717, 1.165) is 28.7 Å². The van der Waals surface area contributed by atoms with Gasteiger partial charge in [-0.05, 0) is 37.3 Å². The number of nitrogens with one attached hydrogen (secondary N) is 2. The number of hydrogen-bond donors (Lipinski definition) is 2. The molecule has 5 nitrogen and oxygen atoms in total. The largest absolute Gasteiger partial charge is 0.327 e. The van der Waals surface area contributed by atoms with Crippen molar-refractivity contribution >= 4 is 22.6 Å². The van der Waals surface area contributed by atoms with E-state index < -0.39 is 0 Å². The van der Waals surface area contributed by atoms with Crippen LogP contribution in [0.2, 0.25) is 0 Å². The van der Waals surface area contributed by atoms with E-state index in [9.17, 15) is 4.79 Å². The number of rotatable bonds is 3. The van der Waals surface area contributed by atoms with E-state index >= 15 is 0 Å². The van der Waals surface area contributed by atoms with Crippen LogP contribution in [0.25, 0.3) is 10.9 Å². The van der Waals surface area contributed by atoms with Crippen LogP contribution in [0.1, 0.15) is 18.4 Å². The van der Waals surface area contributed by atoms with E-state index in [2.05, 4.69) is 15.5 Å². The number of urea groups is 1. The van der Waals surface area contributed by atoms with E-state index in [1.54, 1.807) is 11.1 Å². The maximum Gasteiger partial charge on any atom is 0.321 e. The van der Waals surface area contributed by atoms with Gasteiger partial charge < -0.3 is 10.2 Å². The molecule has 0 atom stereocenters. The fourth-order valence-electron chi connectivity index (χ4n) is 2.26. The second kappa shape index (κ2) is 4.57. The molecule has 0 spiro atoms. The first kappa shape index (κ1) is 12.0. The second-order valence-electron chi connectivity index (χ2n) is 5.34. The number of nitrogens with zero attached hydrogens (tertiary/aromatic N) is 2. The predicted molar refractivity (Wildman–Crippen MR) is 75.2 cm³/mol. The number of fused-ring (bicyclic) bond motifs is 1. The molecule has 0 unspecified atom stereocenters. The molecule has 1 aliphatic rings. The molecular weight excluding hydrogens is 240 g/mol. The molecule has 1 saturated carbocycles. The van der Waals surface area contributed by atoms with E-state index in [-0.39, 0.29) is 6.03 Å². The Hall–Kier alpha value is -2.04. The van der Waals surface area contributed by atoms with Crippen LogP contribution in [-0.4, -0.2) is 34.7 Å². The van der Waals surface area contributed by atoms with Gasteiger partial charge in [-0.15, -0.1) is 0 Å². The predicted octanol–water partition coefficient (Wildman–Crippen LogP) is 2.75. The Morgan fingerprint density at radius 2 is 2.32 bits per heavy atom. The standard InChI is InChI=1S/C14H18N4O/c1-9-3-6-12(13-11(9)7-15-17-13)16-14(19)18(2)8-10-4-5-10/h3,6-7,10H,4-5,8H2,1-2H3,(H,15,17)(H,16,19). The zero-order valence-electron chi connectivity index (χ0n) is 11.2. The highest BCUT2D eigenvalue weighted by atomic mass is 16.2. The van der Waals surface area contributed by atoms with Crippen LogP contribution < -0.4 is 5.32 Å². The SMILES string of the molecule is Cc1ccc(NC(=O)N(C)CC2CC2)c2[nH]ncc12. The van der Waals surface area contributed by atoms with Crippen LogP contribution in [0.3, 0.4) is 0 Å². The lowest BCUT2D eigenvalue weighted by atomic mass is 10.1. The molecule has 100 valence electrons. The van der Waals surface area contributed by atoms with Crippen LogP contribution in [0.5, 0.6) is 0 Å². The topological polar surface area (TPSA) is 61.0 Å². The summed E-state index contributed by atoms with van der Waals surface area (Å²) in [5, 5.41) is 11.0. The molecule has 1 aromatic heterocycles. The number of carbonyl (C=O) groups excluding carboxylic acids is 1. The molecule has 1 heterocycles. The minimum Gasteiger partial charge on any atom is -0.327 e. The third kappa shape index (κ3) is 2.41. The number of amides is 2. The van der Waals surface area contributed by atoms with Gasteiger partial charge in [0.15, 0.2) is 0 Å². The summed E-state index contributed by atoms with van der Waals surface area (Å²) in [7, 11) is 1.84. The first-order valence-corrected chi connectivity index (χ1v) is 6.60. The Morgan fingerprint density at radius 1 is 1.53 bits per heavy atom. The lowest BCUT2D eigenvalue weighted by molar-refractivity contribution is 0.220. The molecule has 2 aromatic rings. The van der Waals surface area contributed by atoms with Crippen molar-refractivity contribution in [1.82, 2.24) is 15.1 Å². The fraction of sp³-hybridized carbons (Fsp3) is 0.429. The first-order chi connectivity index (χ1) is 9.15. The van der Waals surface area contributed by atoms with E-state index in [1.807, 2.05) is 26.1 Å². The number of carbonyl (C=O) groups is 1. The van der Waals surface area contributed by atoms with Gasteiger partial charge in [-0.2, -0.15) is 5.10 Å². The Bertz CT molecular complexity index is 615. The van der Waals surface area contributed by atoms with Crippen molar-refractivity contribution < 1.29 is 4.79 Å². The molecule has 1 aliphatic carbocycles. The molecule has 0 aliphatic heterocycles. The van der Waals surface area contributed by atoms with E-state index in [4.69, 9.17) is 0 Å². The fourth-order valence-corrected chi connectivity index (χ4v) is 2.26. The number of anilines is 1. The average Bonchev–Trinajstić information content (AvgIpc) is 3.05. The van der Waals surface area contributed by atoms with Crippen molar-refractivity contribution in [3.63, 3.8) is 0 Å². The maximum absolute atomic E-state index is 12.1. The number of hydrogen-bond acceptors (Lipinski definition) is 2. The van der Waals surface area contributed by atoms with Crippen molar-refractivity contribution in [2.24, 2.45) is 5.92 Å². The van der Waals surface area contributed by atoms with Gasteiger partial charge >= 0.3 is 6.03 Å². The highest BCUT2D eigenvalue weighted by Gasteiger charge is 2.25. The third-order valence-corrected chi connectivity index (χ3v) is 3.65. The summed E-state index contributed by atoms with van der Waals surface area (Å²) in [6.07, 6.45) is 4.27. The summed E-state index contributed by atoms with van der Waals surface area (Å²) >= 11 is 0. The summed E-state index contributed by atoms with van der Waals surface area (Å²) in [5.41, 5.74) is 2.81. The zero-order chi connectivity index (χ0) is 13.4. The summed E-state index contributed by atoms with van der Waals surface area (Å²) in [6.45, 7) is 2.87. The van der Waals surface area contributed by atoms with Crippen molar-refractivity contribution in [3.8, 4) is 0 Å². The highest BCUT2D eigenvalue weighted by molar-refractivity contribution is 6.00. The van der Waals surface area contributed by atoms with Gasteiger partial charge in [0.2, 0.25) is 0 Å². The number of aromatic amines is 1. The molecule has 2 amide bonds. The molecule has 0 bridgehead atoms. The van der Waals surface area contributed by atoms with Gasteiger partial charge in [-0.25, -0.2) is 4.79 Å². The Labute approximate surface area is 112 Å². The van der Waals surface area contributed by atoms with E-state index in [0.29, 0.717) is 5.92 Å². The summed E-state index contributed by atoms with van der Waals surface area (Å²) in [4.78, 5) is 13.9. The van der Waals surface area contributed by atoms with Gasteiger partial charge in [0, 0.05) is 19.0 Å². The zero-order valence-corrected chi connectivity index (χ0v) is 11.2. The Morgan fingerprint density at radius 3 is 3.05 bits per heavy atom. The van der Waals surface area contributed by atoms with Crippen LogP contribution >= 0.6 is 0 Å². The van der Waals surface area contributed by atoms with Gasteiger partial charge in [0.1, 0.15) is 0 Å². The number of H-pyrrole nitrogens is 1. The van der Waals surface area contributed by atoms with Gasteiger partial charge in [-0.1, -0.05) is 6.07 Å². The highest BCUT2D eigenvalue weighted by Crippen LogP contribution is 2.29. The molecule has 0 saturated heterocycles. The molecular formula is C14H18N4O. The third-order valence-electron chi connectivity index (χ3n) is 3.65. The van der Waals surface area contributed by atoms with Crippen LogP contribution in [0, 0.1) is 12.8 Å². The molecule has 0 radical (unpaired) electrons. The Kier molecular flexibility index (Phi) is 2.89. The lowest BCUT2D eigenvalue weighted by Gasteiger charge is -2.18. The number of aromatic nitrogens is 2. The Balaban J connectivity index is 1.78. The second-order valence-corrected chi connectivity index (χ2v) is 5.34. The molecule has 1 aromatic carbocycles. The minimum absolute atomic E-state index is 0.0633. The monoisotopic (exact) mass is 258 g/mol. The summed E-state index contributed by atoms with van der Waals surface area (Å²) < 4.78 is 0. The molecule has 5 heteroatoms. The minimum atomic E-state index is -0.0633. The van der Waals surface area contributed by atoms with Crippen molar-refractivity contribution in [1.29, 1.82) is 0 Å².